The van der Waals surface area contributed by atoms with Gasteiger partial charge < -0.3 is 15.7 Å². The molecule has 8 nitrogen and oxygen atoms in total. The first-order valence-corrected chi connectivity index (χ1v) is 7.34. The molecule has 0 aliphatic rings. The molecular formula is C11H15N3O5S. The number of amides is 2. The maximum atomic E-state index is 11.5. The Kier molecular flexibility index (Phi) is 5.47. The van der Waals surface area contributed by atoms with Crippen LogP contribution in [0.5, 0.6) is 0 Å². The van der Waals surface area contributed by atoms with Gasteiger partial charge in [-0.1, -0.05) is 30.3 Å². The van der Waals surface area contributed by atoms with Gasteiger partial charge in [-0.2, -0.15) is 0 Å². The molecule has 0 saturated carbocycles. The maximum Gasteiger partial charge on any atom is 0.330 e. The Labute approximate surface area is 116 Å². The molecule has 1 aromatic carbocycles. The number of carboxylic acid groups (broad SMARTS) is 1. The summed E-state index contributed by atoms with van der Waals surface area (Å²) in [5.41, 5.74) is 0.404. The van der Waals surface area contributed by atoms with Gasteiger partial charge in [0.25, 0.3) is 0 Å². The Morgan fingerprint density at radius 3 is 2.35 bits per heavy atom. The van der Waals surface area contributed by atoms with Crippen LogP contribution in [-0.2, 0) is 14.8 Å². The van der Waals surface area contributed by atoms with E-state index in [2.05, 4.69) is 10.6 Å². The predicted molar refractivity (Wildman–Crippen MR) is 71.3 cm³/mol. The zero-order valence-corrected chi connectivity index (χ0v) is 11.3. The molecule has 0 saturated heterocycles. The lowest BCUT2D eigenvalue weighted by Gasteiger charge is -2.15. The SMILES string of the molecule is NS(=O)(=O)CCNC(=O)N[C@H](C(=O)O)c1ccccc1. The molecule has 0 fully saturated rings. The zero-order valence-electron chi connectivity index (χ0n) is 10.4. The molecule has 0 heterocycles. The predicted octanol–water partition coefficient (Wildman–Crippen LogP) is -0.600. The first-order chi connectivity index (χ1) is 9.29. The van der Waals surface area contributed by atoms with Crippen molar-refractivity contribution in [1.82, 2.24) is 10.6 Å². The largest absolute Gasteiger partial charge is 0.479 e. The first kappa shape index (κ1) is 15.9. The van der Waals surface area contributed by atoms with Gasteiger partial charge in [0.05, 0.1) is 5.75 Å². The summed E-state index contributed by atoms with van der Waals surface area (Å²) in [7, 11) is -3.68. The molecule has 20 heavy (non-hydrogen) atoms. The summed E-state index contributed by atoms with van der Waals surface area (Å²) in [4.78, 5) is 22.6. The minimum Gasteiger partial charge on any atom is -0.479 e. The van der Waals surface area contributed by atoms with E-state index >= 15 is 0 Å². The van der Waals surface area contributed by atoms with Crippen molar-refractivity contribution in [3.05, 3.63) is 35.9 Å². The lowest BCUT2D eigenvalue weighted by atomic mass is 10.1. The van der Waals surface area contributed by atoms with Crippen molar-refractivity contribution in [1.29, 1.82) is 0 Å². The monoisotopic (exact) mass is 301 g/mol. The van der Waals surface area contributed by atoms with E-state index in [0.717, 1.165) is 0 Å². The fourth-order valence-electron chi connectivity index (χ4n) is 1.42. The molecule has 9 heteroatoms. The van der Waals surface area contributed by atoms with Crippen molar-refractivity contribution in [3.63, 3.8) is 0 Å². The Morgan fingerprint density at radius 2 is 1.85 bits per heavy atom. The lowest BCUT2D eigenvalue weighted by molar-refractivity contribution is -0.139. The number of primary sulfonamides is 1. The van der Waals surface area contributed by atoms with Crippen LogP contribution in [0.3, 0.4) is 0 Å². The van der Waals surface area contributed by atoms with Crippen LogP contribution in [0, 0.1) is 0 Å². The molecule has 1 rings (SSSR count). The fraction of sp³-hybridized carbons (Fsp3) is 0.273. The van der Waals surface area contributed by atoms with E-state index in [1.54, 1.807) is 30.3 Å². The Bertz CT molecular complexity index is 573. The van der Waals surface area contributed by atoms with Crippen molar-refractivity contribution in [3.8, 4) is 0 Å². The van der Waals surface area contributed by atoms with Crippen LogP contribution in [0.25, 0.3) is 0 Å². The van der Waals surface area contributed by atoms with Crippen LogP contribution in [0.1, 0.15) is 11.6 Å². The van der Waals surface area contributed by atoms with Gasteiger partial charge in [-0.25, -0.2) is 23.1 Å². The number of aliphatic carboxylic acids is 1. The molecule has 0 bridgehead atoms. The third-order valence-electron chi connectivity index (χ3n) is 2.33. The second-order valence-electron chi connectivity index (χ2n) is 3.95. The van der Waals surface area contributed by atoms with Crippen LogP contribution in [0.15, 0.2) is 30.3 Å². The summed E-state index contributed by atoms with van der Waals surface area (Å²) in [6.45, 7) is -0.203. The number of nitrogens with two attached hydrogens (primary N) is 1. The van der Waals surface area contributed by atoms with Gasteiger partial charge in [-0.05, 0) is 5.56 Å². The Morgan fingerprint density at radius 1 is 1.25 bits per heavy atom. The van der Waals surface area contributed by atoms with Crippen LogP contribution in [-0.4, -0.2) is 37.8 Å². The van der Waals surface area contributed by atoms with Crippen LogP contribution in [0.2, 0.25) is 0 Å². The summed E-state index contributed by atoms with van der Waals surface area (Å²) in [6.07, 6.45) is 0. The number of sulfonamides is 1. The molecule has 1 atom stereocenters. The highest BCUT2D eigenvalue weighted by molar-refractivity contribution is 7.89. The van der Waals surface area contributed by atoms with Gasteiger partial charge in [0.15, 0.2) is 6.04 Å². The summed E-state index contributed by atoms with van der Waals surface area (Å²) in [5, 5.41) is 18.3. The van der Waals surface area contributed by atoms with E-state index < -0.39 is 33.8 Å². The van der Waals surface area contributed by atoms with E-state index in [1.165, 1.54) is 0 Å². The van der Waals surface area contributed by atoms with Gasteiger partial charge in [-0.15, -0.1) is 0 Å². The summed E-state index contributed by atoms with van der Waals surface area (Å²) >= 11 is 0. The number of carbonyl (C=O) groups excluding carboxylic acids is 1. The Balaban J connectivity index is 2.59. The normalized spacial score (nSPS) is 12.4. The highest BCUT2D eigenvalue weighted by Gasteiger charge is 2.21. The smallest absolute Gasteiger partial charge is 0.330 e. The second-order valence-corrected chi connectivity index (χ2v) is 5.68. The molecule has 0 spiro atoms. The number of rotatable bonds is 6. The number of hydrogen-bond acceptors (Lipinski definition) is 4. The van der Waals surface area contributed by atoms with E-state index in [1.807, 2.05) is 0 Å². The summed E-state index contributed by atoms with van der Waals surface area (Å²) in [6, 6.07) is 6.12. The standard InChI is InChI=1S/C11H15N3O5S/c12-20(18,19)7-6-13-11(17)14-9(10(15)16)8-4-2-1-3-5-8/h1-5,9H,6-7H2,(H,15,16)(H2,12,18,19)(H2,13,14,17)/t9-/m0/s1. The van der Waals surface area contributed by atoms with Crippen molar-refractivity contribution in [2.45, 2.75) is 6.04 Å². The first-order valence-electron chi connectivity index (χ1n) is 5.62. The van der Waals surface area contributed by atoms with Crippen molar-refractivity contribution in [2.24, 2.45) is 5.14 Å². The van der Waals surface area contributed by atoms with Crippen molar-refractivity contribution >= 4 is 22.0 Å². The number of benzene rings is 1. The third kappa shape index (κ3) is 5.67. The van der Waals surface area contributed by atoms with Crippen LogP contribution >= 0.6 is 0 Å². The molecule has 0 aliphatic heterocycles. The number of carboxylic acids is 1. The highest BCUT2D eigenvalue weighted by atomic mass is 32.2. The molecule has 1 aromatic rings. The topological polar surface area (TPSA) is 139 Å². The number of carbonyl (C=O) groups is 2. The van der Waals surface area contributed by atoms with Gasteiger partial charge in [-0.3, -0.25) is 0 Å². The quantitative estimate of drug-likeness (QED) is 0.555. The van der Waals surface area contributed by atoms with Crippen LogP contribution < -0.4 is 15.8 Å². The third-order valence-corrected chi connectivity index (χ3v) is 3.10. The number of urea groups is 1. The van der Waals surface area contributed by atoms with Crippen LogP contribution in [0.4, 0.5) is 4.79 Å². The van der Waals surface area contributed by atoms with Gasteiger partial charge in [0.2, 0.25) is 10.0 Å². The molecule has 2 amide bonds. The van der Waals surface area contributed by atoms with Crippen molar-refractivity contribution in [2.75, 3.05) is 12.3 Å². The molecule has 0 aliphatic carbocycles. The minimum absolute atomic E-state index is 0.203. The summed E-state index contributed by atoms with van der Waals surface area (Å²) in [5.74, 6) is -1.65. The minimum atomic E-state index is -3.68. The van der Waals surface area contributed by atoms with Crippen molar-refractivity contribution < 1.29 is 23.1 Å². The lowest BCUT2D eigenvalue weighted by Crippen LogP contribution is -2.42. The fourth-order valence-corrected chi connectivity index (χ4v) is 1.81. The highest BCUT2D eigenvalue weighted by Crippen LogP contribution is 2.12. The average Bonchev–Trinajstić information content (AvgIpc) is 2.35. The second kappa shape index (κ2) is 6.87. The number of hydrogen-bond donors (Lipinski definition) is 4. The Hall–Kier alpha value is -2.13. The molecule has 0 radical (unpaired) electrons. The van der Waals surface area contributed by atoms with E-state index in [9.17, 15) is 18.0 Å². The van der Waals surface area contributed by atoms with Gasteiger partial charge in [0.1, 0.15) is 0 Å². The molecule has 110 valence electrons. The number of nitrogens with one attached hydrogen (secondary N) is 2. The molecule has 0 unspecified atom stereocenters. The zero-order chi connectivity index (χ0) is 15.2. The van der Waals surface area contributed by atoms with E-state index in [4.69, 9.17) is 10.2 Å². The molecule has 0 aromatic heterocycles. The van der Waals surface area contributed by atoms with Gasteiger partial charge in [0, 0.05) is 6.54 Å². The molecular weight excluding hydrogens is 286 g/mol. The maximum absolute atomic E-state index is 11.5. The molecule has 5 N–H and O–H groups in total. The van der Waals surface area contributed by atoms with E-state index in [-0.39, 0.29) is 6.54 Å². The summed E-state index contributed by atoms with van der Waals surface area (Å²) < 4.78 is 21.4. The van der Waals surface area contributed by atoms with E-state index in [0.29, 0.717) is 5.56 Å². The average molecular weight is 301 g/mol. The van der Waals surface area contributed by atoms with Gasteiger partial charge >= 0.3 is 12.0 Å².